The molecule has 88 valence electrons. The van der Waals surface area contributed by atoms with Crippen LogP contribution in [-0.4, -0.2) is 23.1 Å². The van der Waals surface area contributed by atoms with E-state index in [9.17, 15) is 9.90 Å². The molecular weight excluding hydrogens is 228 g/mol. The Kier molecular flexibility index (Phi) is 4.33. The Hall–Kier alpha value is -1.06. The molecule has 0 aliphatic rings. The number of rotatable bonds is 4. The molecule has 0 aliphatic heterocycles. The molecule has 0 saturated heterocycles. The fourth-order valence-electron chi connectivity index (χ4n) is 1.37. The maximum absolute atomic E-state index is 11.4. The van der Waals surface area contributed by atoms with Crippen molar-refractivity contribution in [3.05, 3.63) is 35.9 Å². The van der Waals surface area contributed by atoms with Crippen LogP contribution in [0, 0.1) is 0 Å². The topological polar surface area (TPSA) is 46.5 Å². The summed E-state index contributed by atoms with van der Waals surface area (Å²) in [6, 6.07) is 8.81. The minimum Gasteiger partial charge on any atom is -0.465 e. The van der Waals surface area contributed by atoms with Gasteiger partial charge in [-0.2, -0.15) is 0 Å². The maximum Gasteiger partial charge on any atom is 0.327 e. The van der Waals surface area contributed by atoms with Crippen LogP contribution < -0.4 is 0 Å². The summed E-state index contributed by atoms with van der Waals surface area (Å²) in [6.07, 6.45) is 0. The van der Waals surface area contributed by atoms with Gasteiger partial charge >= 0.3 is 5.97 Å². The van der Waals surface area contributed by atoms with Gasteiger partial charge in [-0.15, -0.1) is 11.6 Å². The largest absolute Gasteiger partial charge is 0.465 e. The van der Waals surface area contributed by atoms with Crippen LogP contribution in [0.5, 0.6) is 0 Å². The smallest absolute Gasteiger partial charge is 0.327 e. The average Bonchev–Trinajstić information content (AvgIpc) is 2.29. The summed E-state index contributed by atoms with van der Waals surface area (Å²) in [6.45, 7) is 3.43. The number of esters is 1. The van der Waals surface area contributed by atoms with Gasteiger partial charge in [-0.05, 0) is 19.4 Å². The highest BCUT2D eigenvalue weighted by atomic mass is 35.5. The van der Waals surface area contributed by atoms with E-state index in [-0.39, 0.29) is 6.61 Å². The van der Waals surface area contributed by atoms with E-state index in [1.165, 1.54) is 6.92 Å². The Balaban J connectivity index is 2.89. The van der Waals surface area contributed by atoms with Crippen molar-refractivity contribution in [2.45, 2.75) is 24.8 Å². The quantitative estimate of drug-likeness (QED) is 0.650. The first-order valence-corrected chi connectivity index (χ1v) is 5.52. The number of carbonyl (C=O) groups is 1. The molecule has 4 heteroatoms. The third-order valence-corrected chi connectivity index (χ3v) is 2.95. The first-order chi connectivity index (χ1) is 7.50. The molecule has 1 rings (SSSR count). The minimum absolute atomic E-state index is 0.243. The van der Waals surface area contributed by atoms with E-state index in [1.54, 1.807) is 31.2 Å². The van der Waals surface area contributed by atoms with Crippen LogP contribution in [0.4, 0.5) is 0 Å². The highest BCUT2D eigenvalue weighted by Crippen LogP contribution is 2.28. The van der Waals surface area contributed by atoms with Gasteiger partial charge in [-0.1, -0.05) is 30.3 Å². The number of halogens is 1. The minimum atomic E-state index is -1.44. The summed E-state index contributed by atoms with van der Waals surface area (Å²) in [5, 5.41) is 9.10. The van der Waals surface area contributed by atoms with Gasteiger partial charge in [0.1, 0.15) is 5.60 Å². The van der Waals surface area contributed by atoms with Gasteiger partial charge < -0.3 is 9.84 Å². The van der Waals surface area contributed by atoms with E-state index in [2.05, 4.69) is 0 Å². The Bertz CT molecular complexity index is 349. The van der Waals surface area contributed by atoms with E-state index in [0.29, 0.717) is 5.56 Å². The molecule has 0 aromatic heterocycles. The number of benzene rings is 1. The fraction of sp³-hybridized carbons (Fsp3) is 0.417. The van der Waals surface area contributed by atoms with Crippen LogP contribution in [0.15, 0.2) is 30.3 Å². The number of carbonyl (C=O) groups excluding carboxylic acids is 1. The van der Waals surface area contributed by atoms with E-state index in [1.807, 2.05) is 6.07 Å². The molecule has 0 heterocycles. The SMILES string of the molecule is CCOC(=O)[C@@H](Cl)[C@](C)(O)c1ccccc1. The highest BCUT2D eigenvalue weighted by Gasteiger charge is 2.38. The number of ether oxygens (including phenoxy) is 1. The van der Waals surface area contributed by atoms with E-state index >= 15 is 0 Å². The molecule has 0 aliphatic carbocycles. The Morgan fingerprint density at radius 1 is 1.50 bits per heavy atom. The molecular formula is C12H15ClO3. The number of aliphatic hydroxyl groups is 1. The average molecular weight is 243 g/mol. The summed E-state index contributed by atoms with van der Waals surface area (Å²) in [5.41, 5.74) is -0.849. The maximum atomic E-state index is 11.4. The van der Waals surface area contributed by atoms with E-state index in [4.69, 9.17) is 16.3 Å². The second-order valence-electron chi connectivity index (χ2n) is 3.63. The molecule has 0 radical (unpaired) electrons. The molecule has 3 nitrogen and oxygen atoms in total. The fourth-order valence-corrected chi connectivity index (χ4v) is 1.56. The molecule has 1 aromatic carbocycles. The van der Waals surface area contributed by atoms with Crippen LogP contribution >= 0.6 is 11.6 Å². The van der Waals surface area contributed by atoms with E-state index < -0.39 is 16.9 Å². The summed E-state index contributed by atoms with van der Waals surface area (Å²) in [4.78, 5) is 11.4. The van der Waals surface area contributed by atoms with Crippen molar-refractivity contribution in [2.24, 2.45) is 0 Å². The van der Waals surface area contributed by atoms with Crippen molar-refractivity contribution in [1.82, 2.24) is 0 Å². The first-order valence-electron chi connectivity index (χ1n) is 5.08. The van der Waals surface area contributed by atoms with Gasteiger partial charge in [-0.25, -0.2) is 0 Å². The molecule has 0 spiro atoms. The summed E-state index contributed by atoms with van der Waals surface area (Å²) in [5.74, 6) is -0.613. The normalized spacial score (nSPS) is 16.2. The molecule has 0 fully saturated rings. The van der Waals surface area contributed by atoms with Gasteiger partial charge in [0.05, 0.1) is 6.61 Å². The van der Waals surface area contributed by atoms with E-state index in [0.717, 1.165) is 0 Å². The second-order valence-corrected chi connectivity index (χ2v) is 4.06. The third-order valence-electron chi connectivity index (χ3n) is 2.35. The number of hydrogen-bond acceptors (Lipinski definition) is 3. The van der Waals surface area contributed by atoms with Crippen molar-refractivity contribution in [3.8, 4) is 0 Å². The lowest BCUT2D eigenvalue weighted by molar-refractivity contribution is -0.147. The van der Waals surface area contributed by atoms with Crippen molar-refractivity contribution in [2.75, 3.05) is 6.61 Å². The first kappa shape index (κ1) is 13.0. The van der Waals surface area contributed by atoms with Crippen LogP contribution in [0.2, 0.25) is 0 Å². The summed E-state index contributed by atoms with van der Waals surface area (Å²) >= 11 is 5.91. The monoisotopic (exact) mass is 242 g/mol. The van der Waals surface area contributed by atoms with Gasteiger partial charge in [0.15, 0.2) is 5.38 Å². The predicted molar refractivity (Wildman–Crippen MR) is 62.3 cm³/mol. The van der Waals surface area contributed by atoms with Gasteiger partial charge in [-0.3, -0.25) is 4.79 Å². The molecule has 1 N–H and O–H groups in total. The van der Waals surface area contributed by atoms with Gasteiger partial charge in [0.2, 0.25) is 0 Å². The lowest BCUT2D eigenvalue weighted by atomic mass is 9.92. The molecule has 0 amide bonds. The van der Waals surface area contributed by atoms with Crippen LogP contribution in [-0.2, 0) is 15.1 Å². The van der Waals surface area contributed by atoms with Gasteiger partial charge in [0.25, 0.3) is 0 Å². The molecule has 1 aromatic rings. The molecule has 0 bridgehead atoms. The lowest BCUT2D eigenvalue weighted by Gasteiger charge is -2.27. The second kappa shape index (κ2) is 5.32. The van der Waals surface area contributed by atoms with Gasteiger partial charge in [0, 0.05) is 0 Å². The van der Waals surface area contributed by atoms with Crippen LogP contribution in [0.3, 0.4) is 0 Å². The molecule has 0 saturated carbocycles. The Morgan fingerprint density at radius 3 is 2.56 bits per heavy atom. The zero-order valence-electron chi connectivity index (χ0n) is 9.31. The highest BCUT2D eigenvalue weighted by molar-refractivity contribution is 6.30. The molecule has 16 heavy (non-hydrogen) atoms. The van der Waals surface area contributed by atoms with Crippen molar-refractivity contribution >= 4 is 17.6 Å². The zero-order valence-corrected chi connectivity index (χ0v) is 10.1. The Labute approximate surface area is 100.0 Å². The van der Waals surface area contributed by atoms with Crippen molar-refractivity contribution < 1.29 is 14.6 Å². The molecule has 0 unspecified atom stereocenters. The number of alkyl halides is 1. The van der Waals surface area contributed by atoms with Crippen molar-refractivity contribution in [1.29, 1.82) is 0 Å². The van der Waals surface area contributed by atoms with Crippen LogP contribution in [0.1, 0.15) is 19.4 Å². The zero-order chi connectivity index (χ0) is 12.2. The summed E-state index contributed by atoms with van der Waals surface area (Å²) in [7, 11) is 0. The number of hydrogen-bond donors (Lipinski definition) is 1. The third kappa shape index (κ3) is 2.74. The standard InChI is InChI=1S/C12H15ClO3/c1-3-16-11(14)10(13)12(2,15)9-7-5-4-6-8-9/h4-8,10,15H,3H2,1-2H3/t10-,12-/m1/s1. The van der Waals surface area contributed by atoms with Crippen molar-refractivity contribution in [3.63, 3.8) is 0 Å². The summed E-state index contributed by atoms with van der Waals surface area (Å²) < 4.78 is 4.78. The Morgan fingerprint density at radius 2 is 2.06 bits per heavy atom. The lowest BCUT2D eigenvalue weighted by Crippen LogP contribution is -2.39. The molecule has 2 atom stereocenters. The van der Waals surface area contributed by atoms with Crippen LogP contribution in [0.25, 0.3) is 0 Å². The predicted octanol–water partition coefficient (Wildman–Crippen LogP) is 2.06.